The summed E-state index contributed by atoms with van der Waals surface area (Å²) in [5.41, 5.74) is 0. The Morgan fingerprint density at radius 3 is 2.64 bits per heavy atom. The third-order valence-electron chi connectivity index (χ3n) is 1.95. The Bertz CT molecular complexity index is 109. The van der Waals surface area contributed by atoms with E-state index in [2.05, 4.69) is 19.2 Å². The highest BCUT2D eigenvalue weighted by Gasteiger charge is 1.98. The molecule has 0 rings (SSSR count). The van der Waals surface area contributed by atoms with Crippen LogP contribution in [0.2, 0.25) is 0 Å². The average Bonchev–Trinajstić information content (AvgIpc) is 2.17. The predicted octanol–water partition coefficient (Wildman–Crippen LogP) is 1.82. The molecular weight excluding hydrogens is 178 g/mol. The molecule has 0 aliphatic heterocycles. The molecule has 14 heavy (non-hydrogen) atoms. The minimum Gasteiger partial charge on any atom is -0.380 e. The zero-order valence-corrected chi connectivity index (χ0v) is 9.84. The first-order valence-electron chi connectivity index (χ1n) is 5.71. The number of hydrogen-bond acceptors (Lipinski definition) is 3. The molecule has 0 fully saturated rings. The van der Waals surface area contributed by atoms with Gasteiger partial charge < -0.3 is 14.8 Å². The van der Waals surface area contributed by atoms with Crippen molar-refractivity contribution in [2.45, 2.75) is 39.7 Å². The van der Waals surface area contributed by atoms with Crippen molar-refractivity contribution in [3.05, 3.63) is 0 Å². The van der Waals surface area contributed by atoms with Crippen LogP contribution in [-0.4, -0.2) is 39.0 Å². The minimum absolute atomic E-state index is 0.302. The van der Waals surface area contributed by atoms with Crippen LogP contribution in [0.15, 0.2) is 0 Å². The van der Waals surface area contributed by atoms with Crippen LogP contribution >= 0.6 is 0 Å². The monoisotopic (exact) mass is 203 g/mol. The van der Waals surface area contributed by atoms with Crippen molar-refractivity contribution in [3.63, 3.8) is 0 Å². The fraction of sp³-hybridized carbons (Fsp3) is 1.00. The lowest BCUT2D eigenvalue weighted by atomic mass is 10.4. The van der Waals surface area contributed by atoms with Crippen molar-refractivity contribution < 1.29 is 9.47 Å². The van der Waals surface area contributed by atoms with Crippen LogP contribution in [0.3, 0.4) is 0 Å². The number of nitrogens with one attached hydrogen (secondary N) is 1. The van der Waals surface area contributed by atoms with Crippen LogP contribution in [0.5, 0.6) is 0 Å². The Morgan fingerprint density at radius 1 is 1.21 bits per heavy atom. The number of hydrogen-bond donors (Lipinski definition) is 1. The highest BCUT2D eigenvalue weighted by atomic mass is 16.5. The number of unbranched alkanes of at least 4 members (excludes halogenated alkanes) is 1. The van der Waals surface area contributed by atoms with E-state index in [9.17, 15) is 0 Å². The maximum absolute atomic E-state index is 5.41. The second kappa shape index (κ2) is 11.0. The molecule has 0 aromatic carbocycles. The van der Waals surface area contributed by atoms with E-state index in [0.29, 0.717) is 6.10 Å². The van der Waals surface area contributed by atoms with E-state index in [4.69, 9.17) is 9.47 Å². The summed E-state index contributed by atoms with van der Waals surface area (Å²) < 4.78 is 10.8. The fourth-order valence-corrected chi connectivity index (χ4v) is 1.14. The molecular formula is C11H25NO2. The third kappa shape index (κ3) is 9.96. The van der Waals surface area contributed by atoms with Gasteiger partial charge in [-0.25, -0.2) is 0 Å². The zero-order valence-electron chi connectivity index (χ0n) is 9.84. The maximum atomic E-state index is 5.41. The van der Waals surface area contributed by atoms with Gasteiger partial charge in [0.1, 0.15) is 0 Å². The van der Waals surface area contributed by atoms with E-state index >= 15 is 0 Å². The van der Waals surface area contributed by atoms with Gasteiger partial charge in [-0.3, -0.25) is 0 Å². The molecule has 1 N–H and O–H groups in total. The van der Waals surface area contributed by atoms with Gasteiger partial charge in [0.15, 0.2) is 0 Å². The normalized spacial score (nSPS) is 13.1. The van der Waals surface area contributed by atoms with E-state index in [-0.39, 0.29) is 0 Å². The smallest absolute Gasteiger partial charge is 0.0671 e. The van der Waals surface area contributed by atoms with E-state index in [0.717, 1.165) is 39.3 Å². The van der Waals surface area contributed by atoms with Crippen LogP contribution < -0.4 is 5.32 Å². The molecule has 0 spiro atoms. The Kier molecular flexibility index (Phi) is 10.9. The Morgan fingerprint density at radius 2 is 2.00 bits per heavy atom. The summed E-state index contributed by atoms with van der Waals surface area (Å²) in [7, 11) is 0. The number of ether oxygens (including phenoxy) is 2. The van der Waals surface area contributed by atoms with Crippen molar-refractivity contribution in [1.29, 1.82) is 0 Å². The van der Waals surface area contributed by atoms with Gasteiger partial charge in [-0.2, -0.15) is 0 Å². The molecule has 0 saturated heterocycles. The summed E-state index contributed by atoms with van der Waals surface area (Å²) in [5, 5.41) is 3.30. The second-order valence-corrected chi connectivity index (χ2v) is 3.44. The SMILES string of the molecule is CCCCOCCNCC(C)OCC. The molecule has 86 valence electrons. The number of rotatable bonds is 10. The zero-order chi connectivity index (χ0) is 10.6. The highest BCUT2D eigenvalue weighted by molar-refractivity contribution is 4.54. The summed E-state index contributed by atoms with van der Waals surface area (Å²) in [6.45, 7) is 10.6. The Labute approximate surface area is 88.2 Å². The first-order chi connectivity index (χ1) is 6.81. The van der Waals surface area contributed by atoms with Gasteiger partial charge in [0.2, 0.25) is 0 Å². The van der Waals surface area contributed by atoms with Gasteiger partial charge in [0.05, 0.1) is 12.7 Å². The first kappa shape index (κ1) is 13.9. The molecule has 0 heterocycles. The molecule has 0 aliphatic carbocycles. The maximum Gasteiger partial charge on any atom is 0.0671 e. The summed E-state index contributed by atoms with van der Waals surface area (Å²) in [4.78, 5) is 0. The lowest BCUT2D eigenvalue weighted by Crippen LogP contribution is -2.29. The molecule has 0 aliphatic rings. The summed E-state index contributed by atoms with van der Waals surface area (Å²) in [6.07, 6.45) is 2.67. The molecule has 0 aromatic rings. The standard InChI is InChI=1S/C11H25NO2/c1-4-6-8-13-9-7-12-10-11(3)14-5-2/h11-12H,4-10H2,1-3H3. The lowest BCUT2D eigenvalue weighted by molar-refractivity contribution is 0.0726. The van der Waals surface area contributed by atoms with Crippen LogP contribution in [0.25, 0.3) is 0 Å². The highest BCUT2D eigenvalue weighted by Crippen LogP contribution is 1.88. The molecule has 0 radical (unpaired) electrons. The molecule has 1 atom stereocenters. The Balaban J connectivity index is 2.98. The van der Waals surface area contributed by atoms with Crippen molar-refractivity contribution in [2.75, 3.05) is 32.9 Å². The van der Waals surface area contributed by atoms with Crippen molar-refractivity contribution in [1.82, 2.24) is 5.32 Å². The van der Waals surface area contributed by atoms with Crippen molar-refractivity contribution >= 4 is 0 Å². The molecule has 0 bridgehead atoms. The molecule has 0 aromatic heterocycles. The van der Waals surface area contributed by atoms with Gasteiger partial charge in [-0.15, -0.1) is 0 Å². The van der Waals surface area contributed by atoms with E-state index in [1.54, 1.807) is 0 Å². The third-order valence-corrected chi connectivity index (χ3v) is 1.95. The van der Waals surface area contributed by atoms with E-state index in [1.165, 1.54) is 6.42 Å². The first-order valence-corrected chi connectivity index (χ1v) is 5.71. The molecule has 0 saturated carbocycles. The molecule has 3 heteroatoms. The minimum atomic E-state index is 0.302. The fourth-order valence-electron chi connectivity index (χ4n) is 1.14. The Hall–Kier alpha value is -0.120. The quantitative estimate of drug-likeness (QED) is 0.549. The molecule has 0 amide bonds. The van der Waals surface area contributed by atoms with E-state index in [1.807, 2.05) is 6.92 Å². The summed E-state index contributed by atoms with van der Waals surface area (Å²) in [5.74, 6) is 0. The van der Waals surface area contributed by atoms with Gasteiger partial charge in [0.25, 0.3) is 0 Å². The largest absolute Gasteiger partial charge is 0.380 e. The van der Waals surface area contributed by atoms with Gasteiger partial charge in [-0.1, -0.05) is 13.3 Å². The molecule has 3 nitrogen and oxygen atoms in total. The van der Waals surface area contributed by atoms with Crippen molar-refractivity contribution in [3.8, 4) is 0 Å². The summed E-state index contributed by atoms with van der Waals surface area (Å²) >= 11 is 0. The van der Waals surface area contributed by atoms with Gasteiger partial charge >= 0.3 is 0 Å². The lowest BCUT2D eigenvalue weighted by Gasteiger charge is -2.12. The van der Waals surface area contributed by atoms with Crippen molar-refractivity contribution in [2.24, 2.45) is 0 Å². The second-order valence-electron chi connectivity index (χ2n) is 3.44. The van der Waals surface area contributed by atoms with Crippen LogP contribution in [0, 0.1) is 0 Å². The van der Waals surface area contributed by atoms with Gasteiger partial charge in [0, 0.05) is 26.3 Å². The van der Waals surface area contributed by atoms with Gasteiger partial charge in [-0.05, 0) is 20.3 Å². The van der Waals surface area contributed by atoms with Crippen LogP contribution in [-0.2, 0) is 9.47 Å². The van der Waals surface area contributed by atoms with E-state index < -0.39 is 0 Å². The average molecular weight is 203 g/mol. The topological polar surface area (TPSA) is 30.5 Å². The predicted molar refractivity (Wildman–Crippen MR) is 59.7 cm³/mol. The van der Waals surface area contributed by atoms with Crippen LogP contribution in [0.1, 0.15) is 33.6 Å². The molecule has 1 unspecified atom stereocenters. The van der Waals surface area contributed by atoms with Crippen LogP contribution in [0.4, 0.5) is 0 Å². The summed E-state index contributed by atoms with van der Waals surface area (Å²) in [6, 6.07) is 0.